The van der Waals surface area contributed by atoms with Crippen molar-refractivity contribution in [2.24, 2.45) is 0 Å². The van der Waals surface area contributed by atoms with Gasteiger partial charge >= 0.3 is 0 Å². The molecule has 1 N–H and O–H groups in total. The minimum atomic E-state index is -0.0601. The highest BCUT2D eigenvalue weighted by atomic mass is 32.1. The SMILES string of the molecule is O=C(NCC1CCCCO1)c1cccc(S)c1. The van der Waals surface area contributed by atoms with Crippen molar-refractivity contribution in [3.8, 4) is 0 Å². The van der Waals surface area contributed by atoms with Crippen LogP contribution in [-0.2, 0) is 4.74 Å². The van der Waals surface area contributed by atoms with E-state index >= 15 is 0 Å². The lowest BCUT2D eigenvalue weighted by atomic mass is 10.1. The minimum Gasteiger partial charge on any atom is -0.376 e. The normalized spacial score (nSPS) is 19.9. The molecule has 2 rings (SSSR count). The second kappa shape index (κ2) is 6.07. The van der Waals surface area contributed by atoms with Gasteiger partial charge in [0.15, 0.2) is 0 Å². The average Bonchev–Trinajstić information content (AvgIpc) is 2.37. The molecular weight excluding hydrogens is 234 g/mol. The maximum absolute atomic E-state index is 11.8. The second-order valence-corrected chi connectivity index (χ2v) is 4.77. The van der Waals surface area contributed by atoms with Crippen LogP contribution >= 0.6 is 12.6 Å². The van der Waals surface area contributed by atoms with Crippen molar-refractivity contribution < 1.29 is 9.53 Å². The third kappa shape index (κ3) is 3.75. The van der Waals surface area contributed by atoms with Crippen molar-refractivity contribution in [1.29, 1.82) is 0 Å². The van der Waals surface area contributed by atoms with Gasteiger partial charge in [-0.2, -0.15) is 0 Å². The van der Waals surface area contributed by atoms with Crippen LogP contribution in [0.15, 0.2) is 29.2 Å². The Kier molecular flexibility index (Phi) is 4.45. The van der Waals surface area contributed by atoms with Crippen molar-refractivity contribution in [2.75, 3.05) is 13.2 Å². The number of rotatable bonds is 3. The predicted molar refractivity (Wildman–Crippen MR) is 69.6 cm³/mol. The van der Waals surface area contributed by atoms with Gasteiger partial charge in [0, 0.05) is 23.6 Å². The maximum Gasteiger partial charge on any atom is 0.251 e. The fourth-order valence-corrected chi connectivity index (χ4v) is 2.15. The van der Waals surface area contributed by atoms with Gasteiger partial charge in [0.05, 0.1) is 6.10 Å². The Morgan fingerprint density at radius 1 is 1.47 bits per heavy atom. The lowest BCUT2D eigenvalue weighted by molar-refractivity contribution is 0.0169. The molecule has 1 aliphatic rings. The minimum absolute atomic E-state index is 0.0601. The summed E-state index contributed by atoms with van der Waals surface area (Å²) in [4.78, 5) is 12.6. The number of thiol groups is 1. The van der Waals surface area contributed by atoms with Crippen LogP contribution in [0.2, 0.25) is 0 Å². The average molecular weight is 251 g/mol. The van der Waals surface area contributed by atoms with E-state index in [0.29, 0.717) is 12.1 Å². The van der Waals surface area contributed by atoms with E-state index in [1.807, 2.05) is 12.1 Å². The maximum atomic E-state index is 11.8. The first-order valence-corrected chi connectivity index (χ1v) is 6.39. The first kappa shape index (κ1) is 12.5. The number of carbonyl (C=O) groups is 1. The Balaban J connectivity index is 1.84. The van der Waals surface area contributed by atoms with E-state index in [1.54, 1.807) is 12.1 Å². The van der Waals surface area contributed by atoms with Gasteiger partial charge in [-0.15, -0.1) is 12.6 Å². The van der Waals surface area contributed by atoms with Crippen LogP contribution in [0, 0.1) is 0 Å². The zero-order valence-electron chi connectivity index (χ0n) is 9.69. The molecule has 0 radical (unpaired) electrons. The molecule has 1 unspecified atom stereocenters. The van der Waals surface area contributed by atoms with Gasteiger partial charge < -0.3 is 10.1 Å². The predicted octanol–water partition coefficient (Wildman–Crippen LogP) is 2.27. The Morgan fingerprint density at radius 3 is 3.06 bits per heavy atom. The number of ether oxygens (including phenoxy) is 1. The fraction of sp³-hybridized carbons (Fsp3) is 0.462. The Labute approximate surface area is 107 Å². The van der Waals surface area contributed by atoms with Crippen LogP contribution in [0.25, 0.3) is 0 Å². The molecule has 17 heavy (non-hydrogen) atoms. The van der Waals surface area contributed by atoms with Crippen molar-refractivity contribution in [2.45, 2.75) is 30.3 Å². The van der Waals surface area contributed by atoms with E-state index in [9.17, 15) is 4.79 Å². The molecular formula is C13H17NO2S. The first-order chi connectivity index (χ1) is 8.25. The third-order valence-electron chi connectivity index (χ3n) is 2.87. The van der Waals surface area contributed by atoms with Gasteiger partial charge in [0.1, 0.15) is 0 Å². The van der Waals surface area contributed by atoms with Crippen LogP contribution in [0.3, 0.4) is 0 Å². The fourth-order valence-electron chi connectivity index (χ4n) is 1.92. The molecule has 1 saturated heterocycles. The Hall–Kier alpha value is -1.00. The van der Waals surface area contributed by atoms with E-state index in [-0.39, 0.29) is 12.0 Å². The van der Waals surface area contributed by atoms with Gasteiger partial charge in [-0.25, -0.2) is 0 Å². The molecule has 1 heterocycles. The summed E-state index contributed by atoms with van der Waals surface area (Å²) >= 11 is 4.21. The number of hydrogen-bond acceptors (Lipinski definition) is 3. The number of benzene rings is 1. The number of hydrogen-bond donors (Lipinski definition) is 2. The molecule has 1 aromatic carbocycles. The molecule has 1 amide bonds. The molecule has 1 aliphatic heterocycles. The molecule has 0 aliphatic carbocycles. The van der Waals surface area contributed by atoms with Crippen molar-refractivity contribution in [1.82, 2.24) is 5.32 Å². The second-order valence-electron chi connectivity index (χ2n) is 4.25. The van der Waals surface area contributed by atoms with Gasteiger partial charge in [0.2, 0.25) is 0 Å². The lowest BCUT2D eigenvalue weighted by Gasteiger charge is -2.22. The summed E-state index contributed by atoms with van der Waals surface area (Å²) in [7, 11) is 0. The highest BCUT2D eigenvalue weighted by Crippen LogP contribution is 2.12. The van der Waals surface area contributed by atoms with Gasteiger partial charge in [0.25, 0.3) is 5.91 Å². The van der Waals surface area contributed by atoms with E-state index < -0.39 is 0 Å². The van der Waals surface area contributed by atoms with Gasteiger partial charge in [-0.05, 0) is 37.5 Å². The molecule has 0 spiro atoms. The molecule has 1 atom stereocenters. The number of amides is 1. The smallest absolute Gasteiger partial charge is 0.251 e. The van der Waals surface area contributed by atoms with E-state index in [0.717, 1.165) is 24.3 Å². The molecule has 0 bridgehead atoms. The van der Waals surface area contributed by atoms with Crippen LogP contribution in [-0.4, -0.2) is 25.2 Å². The standard InChI is InChI=1S/C13H17NO2S/c15-13(10-4-3-6-12(17)8-10)14-9-11-5-1-2-7-16-11/h3-4,6,8,11,17H,1-2,5,7,9H2,(H,14,15). The molecule has 92 valence electrons. The third-order valence-corrected chi connectivity index (χ3v) is 3.15. The zero-order chi connectivity index (χ0) is 12.1. The summed E-state index contributed by atoms with van der Waals surface area (Å²) in [6.45, 7) is 1.41. The van der Waals surface area contributed by atoms with E-state index in [1.165, 1.54) is 6.42 Å². The number of carbonyl (C=O) groups excluding carboxylic acids is 1. The quantitative estimate of drug-likeness (QED) is 0.809. The molecule has 1 aromatic rings. The molecule has 0 saturated carbocycles. The summed E-state index contributed by atoms with van der Waals surface area (Å²) < 4.78 is 5.56. The highest BCUT2D eigenvalue weighted by molar-refractivity contribution is 7.80. The molecule has 4 heteroatoms. The molecule has 1 fully saturated rings. The Bertz CT molecular complexity index is 389. The highest BCUT2D eigenvalue weighted by Gasteiger charge is 2.15. The monoisotopic (exact) mass is 251 g/mol. The van der Waals surface area contributed by atoms with Crippen molar-refractivity contribution >= 4 is 18.5 Å². The van der Waals surface area contributed by atoms with E-state index in [4.69, 9.17) is 4.74 Å². The van der Waals surface area contributed by atoms with Gasteiger partial charge in [-0.1, -0.05) is 6.07 Å². The number of nitrogens with one attached hydrogen (secondary N) is 1. The van der Waals surface area contributed by atoms with Crippen LogP contribution in [0.4, 0.5) is 0 Å². The van der Waals surface area contributed by atoms with Gasteiger partial charge in [-0.3, -0.25) is 4.79 Å². The lowest BCUT2D eigenvalue weighted by Crippen LogP contribution is -2.35. The van der Waals surface area contributed by atoms with Crippen molar-refractivity contribution in [3.05, 3.63) is 29.8 Å². The van der Waals surface area contributed by atoms with Crippen molar-refractivity contribution in [3.63, 3.8) is 0 Å². The van der Waals surface area contributed by atoms with Crippen LogP contribution in [0.5, 0.6) is 0 Å². The zero-order valence-corrected chi connectivity index (χ0v) is 10.6. The largest absolute Gasteiger partial charge is 0.376 e. The topological polar surface area (TPSA) is 38.3 Å². The summed E-state index contributed by atoms with van der Waals surface area (Å²) in [5.74, 6) is -0.0601. The summed E-state index contributed by atoms with van der Waals surface area (Å²) in [5, 5.41) is 2.90. The van der Waals surface area contributed by atoms with Crippen LogP contribution < -0.4 is 5.32 Å². The molecule has 3 nitrogen and oxygen atoms in total. The van der Waals surface area contributed by atoms with Crippen LogP contribution in [0.1, 0.15) is 29.6 Å². The Morgan fingerprint density at radius 2 is 2.35 bits per heavy atom. The summed E-state index contributed by atoms with van der Waals surface area (Å²) in [6, 6.07) is 7.23. The summed E-state index contributed by atoms with van der Waals surface area (Å²) in [6.07, 6.45) is 3.53. The summed E-state index contributed by atoms with van der Waals surface area (Å²) in [5.41, 5.74) is 0.647. The van der Waals surface area contributed by atoms with E-state index in [2.05, 4.69) is 17.9 Å². The molecule has 0 aromatic heterocycles. The first-order valence-electron chi connectivity index (χ1n) is 5.94.